The lowest BCUT2D eigenvalue weighted by atomic mass is 10.0. The first-order valence-electron chi connectivity index (χ1n) is 11.0. The van der Waals surface area contributed by atoms with Gasteiger partial charge in [-0.15, -0.1) is 0 Å². The molecule has 1 heterocycles. The average molecular weight is 565 g/mol. The molecular formula is C26H20F9NO3. The van der Waals surface area contributed by atoms with Crippen LogP contribution in [-0.2, 0) is 24.1 Å². The molecule has 0 amide bonds. The standard InChI is InChI=1S/C26H20F9NO3/c1-23(2,3)39-22(38)16-9-14-10-20(36(4)19(14)11-18(16)26(33,34)35)21(37)12-17(25(30,31)32)13-6-5-7-15(8-13)24(27,28)29/h5-12H,1-4H3. The van der Waals surface area contributed by atoms with Gasteiger partial charge in [-0.1, -0.05) is 12.1 Å². The van der Waals surface area contributed by atoms with Gasteiger partial charge in [-0.25, -0.2) is 4.79 Å². The second-order valence-corrected chi connectivity index (χ2v) is 9.54. The Morgan fingerprint density at radius 2 is 1.46 bits per heavy atom. The van der Waals surface area contributed by atoms with E-state index in [1.165, 1.54) is 20.8 Å². The predicted molar refractivity (Wildman–Crippen MR) is 123 cm³/mol. The van der Waals surface area contributed by atoms with E-state index in [4.69, 9.17) is 4.74 Å². The summed E-state index contributed by atoms with van der Waals surface area (Å²) in [6.45, 7) is 4.31. The van der Waals surface area contributed by atoms with Crippen LogP contribution in [0.1, 0.15) is 58.3 Å². The molecule has 0 unspecified atom stereocenters. The number of halogens is 9. The van der Waals surface area contributed by atoms with Crippen molar-refractivity contribution >= 4 is 28.2 Å². The van der Waals surface area contributed by atoms with Gasteiger partial charge < -0.3 is 9.30 Å². The average Bonchev–Trinajstić information content (AvgIpc) is 3.09. The summed E-state index contributed by atoms with van der Waals surface area (Å²) in [6.07, 6.45) is -15.2. The Kier molecular flexibility index (Phi) is 7.45. The van der Waals surface area contributed by atoms with Gasteiger partial charge in [0.1, 0.15) is 5.60 Å². The Balaban J connectivity index is 2.18. The fourth-order valence-electron chi connectivity index (χ4n) is 3.75. The third kappa shape index (κ3) is 6.63. The summed E-state index contributed by atoms with van der Waals surface area (Å²) in [7, 11) is 1.12. The molecule has 0 fully saturated rings. The SMILES string of the molecule is Cn1c(C(=O)C=C(c2cccc(C(F)(F)F)c2)C(F)(F)F)cc2cc(C(=O)OC(C)(C)C)c(C(F)(F)F)cc21. The smallest absolute Gasteiger partial charge is 0.417 e. The summed E-state index contributed by atoms with van der Waals surface area (Å²) in [5.41, 5.74) is -8.14. The van der Waals surface area contributed by atoms with Crippen molar-refractivity contribution in [2.45, 2.75) is 44.9 Å². The van der Waals surface area contributed by atoms with E-state index in [-0.39, 0.29) is 23.0 Å². The number of aryl methyl sites for hydroxylation is 1. The number of aromatic nitrogens is 1. The van der Waals surface area contributed by atoms with Crippen LogP contribution in [0.5, 0.6) is 0 Å². The Hall–Kier alpha value is -3.77. The fraction of sp³-hybridized carbons (Fsp3) is 0.308. The number of alkyl halides is 9. The monoisotopic (exact) mass is 565 g/mol. The first kappa shape index (κ1) is 29.8. The number of fused-ring (bicyclic) bond motifs is 1. The summed E-state index contributed by atoms with van der Waals surface area (Å²) in [4.78, 5) is 25.4. The lowest BCUT2D eigenvalue weighted by molar-refractivity contribution is -0.138. The first-order chi connectivity index (χ1) is 17.6. The van der Waals surface area contributed by atoms with E-state index in [2.05, 4.69) is 0 Å². The van der Waals surface area contributed by atoms with Gasteiger partial charge in [-0.3, -0.25) is 4.79 Å². The number of carbonyl (C=O) groups is 2. The van der Waals surface area contributed by atoms with E-state index >= 15 is 0 Å². The van der Waals surface area contributed by atoms with Gasteiger partial charge >= 0.3 is 24.5 Å². The largest absolute Gasteiger partial charge is 0.456 e. The van der Waals surface area contributed by atoms with E-state index in [0.29, 0.717) is 12.1 Å². The van der Waals surface area contributed by atoms with Crippen LogP contribution < -0.4 is 0 Å². The van der Waals surface area contributed by atoms with Gasteiger partial charge in [-0.05, 0) is 56.7 Å². The highest BCUT2D eigenvalue weighted by Crippen LogP contribution is 2.39. The Labute approximate surface area is 215 Å². The highest BCUT2D eigenvalue weighted by molar-refractivity contribution is 6.11. The normalized spacial score (nSPS) is 13.6. The minimum Gasteiger partial charge on any atom is -0.456 e. The molecule has 0 saturated heterocycles. The number of allylic oxidation sites excluding steroid dienone is 2. The number of esters is 1. The maximum absolute atomic E-state index is 13.8. The molecule has 13 heteroatoms. The van der Waals surface area contributed by atoms with Crippen LogP contribution in [0, 0.1) is 0 Å². The van der Waals surface area contributed by atoms with Crippen molar-refractivity contribution in [3.05, 3.63) is 76.5 Å². The number of ether oxygens (including phenoxy) is 1. The van der Waals surface area contributed by atoms with Gasteiger partial charge in [0.15, 0.2) is 0 Å². The molecule has 3 aromatic rings. The van der Waals surface area contributed by atoms with Crippen molar-refractivity contribution in [1.29, 1.82) is 0 Å². The molecular weight excluding hydrogens is 545 g/mol. The second-order valence-electron chi connectivity index (χ2n) is 9.54. The van der Waals surface area contributed by atoms with Crippen LogP contribution in [0.15, 0.2) is 48.5 Å². The van der Waals surface area contributed by atoms with Crippen molar-refractivity contribution in [2.75, 3.05) is 0 Å². The molecule has 3 rings (SSSR count). The maximum Gasteiger partial charge on any atom is 0.417 e. The zero-order valence-corrected chi connectivity index (χ0v) is 20.7. The molecule has 0 spiro atoms. The topological polar surface area (TPSA) is 48.3 Å². The third-order valence-electron chi connectivity index (χ3n) is 5.44. The Morgan fingerprint density at radius 3 is 1.97 bits per heavy atom. The molecule has 0 atom stereocenters. The summed E-state index contributed by atoms with van der Waals surface area (Å²) < 4.78 is 128. The number of benzene rings is 2. The first-order valence-corrected chi connectivity index (χ1v) is 11.0. The summed E-state index contributed by atoms with van der Waals surface area (Å²) in [6, 6.07) is 4.63. The molecule has 0 aliphatic heterocycles. The van der Waals surface area contributed by atoms with Gasteiger partial charge in [0.25, 0.3) is 0 Å². The zero-order chi connectivity index (χ0) is 29.7. The number of carbonyl (C=O) groups excluding carboxylic acids is 2. The van der Waals surface area contributed by atoms with E-state index in [0.717, 1.165) is 35.9 Å². The van der Waals surface area contributed by atoms with Crippen LogP contribution in [0.2, 0.25) is 0 Å². The van der Waals surface area contributed by atoms with Crippen LogP contribution in [-0.4, -0.2) is 28.1 Å². The number of nitrogens with zero attached hydrogens (tertiary/aromatic N) is 1. The highest BCUT2D eigenvalue weighted by Gasteiger charge is 2.39. The second kappa shape index (κ2) is 9.76. The summed E-state index contributed by atoms with van der Waals surface area (Å²) in [5.74, 6) is -2.65. The lowest BCUT2D eigenvalue weighted by Crippen LogP contribution is -2.25. The molecule has 39 heavy (non-hydrogen) atoms. The molecule has 0 N–H and O–H groups in total. The summed E-state index contributed by atoms with van der Waals surface area (Å²) >= 11 is 0. The quantitative estimate of drug-likeness (QED) is 0.139. The molecule has 0 aliphatic rings. The molecule has 0 radical (unpaired) electrons. The maximum atomic E-state index is 13.8. The van der Waals surface area contributed by atoms with E-state index < -0.39 is 69.4 Å². The molecule has 0 bridgehead atoms. The highest BCUT2D eigenvalue weighted by atomic mass is 19.4. The van der Waals surface area contributed by atoms with Gasteiger partial charge in [-0.2, -0.15) is 39.5 Å². The zero-order valence-electron chi connectivity index (χ0n) is 20.7. The predicted octanol–water partition coefficient (Wildman–Crippen LogP) is 8.00. The minimum absolute atomic E-state index is 0.0726. The van der Waals surface area contributed by atoms with Crippen LogP contribution in [0.25, 0.3) is 16.5 Å². The van der Waals surface area contributed by atoms with E-state index in [1.807, 2.05) is 0 Å². The number of hydrogen-bond donors (Lipinski definition) is 0. The molecule has 4 nitrogen and oxygen atoms in total. The van der Waals surface area contributed by atoms with Crippen molar-refractivity contribution in [3.8, 4) is 0 Å². The van der Waals surface area contributed by atoms with Gasteiger partial charge in [0.2, 0.25) is 5.78 Å². The third-order valence-corrected chi connectivity index (χ3v) is 5.44. The van der Waals surface area contributed by atoms with Crippen LogP contribution in [0.3, 0.4) is 0 Å². The van der Waals surface area contributed by atoms with Gasteiger partial charge in [0, 0.05) is 24.0 Å². The number of ketones is 1. The van der Waals surface area contributed by atoms with Crippen LogP contribution in [0.4, 0.5) is 39.5 Å². The van der Waals surface area contributed by atoms with Gasteiger partial charge in [0.05, 0.1) is 28.0 Å². The summed E-state index contributed by atoms with van der Waals surface area (Å²) in [5, 5.41) is -0.0873. The molecule has 0 saturated carbocycles. The van der Waals surface area contributed by atoms with E-state index in [1.54, 1.807) is 0 Å². The molecule has 0 aliphatic carbocycles. The van der Waals surface area contributed by atoms with E-state index in [9.17, 15) is 49.1 Å². The van der Waals surface area contributed by atoms with Crippen molar-refractivity contribution < 1.29 is 53.8 Å². The fourth-order valence-corrected chi connectivity index (χ4v) is 3.75. The molecule has 2 aromatic carbocycles. The van der Waals surface area contributed by atoms with Crippen molar-refractivity contribution in [3.63, 3.8) is 0 Å². The number of hydrogen-bond acceptors (Lipinski definition) is 3. The molecule has 1 aromatic heterocycles. The Bertz CT molecular complexity index is 1470. The van der Waals surface area contributed by atoms with Crippen molar-refractivity contribution in [2.24, 2.45) is 7.05 Å². The van der Waals surface area contributed by atoms with Crippen molar-refractivity contribution in [1.82, 2.24) is 4.57 Å². The minimum atomic E-state index is -5.25. The lowest BCUT2D eigenvalue weighted by Gasteiger charge is -2.21. The number of rotatable bonds is 4. The Morgan fingerprint density at radius 1 is 0.846 bits per heavy atom. The van der Waals surface area contributed by atoms with Crippen LogP contribution >= 0.6 is 0 Å². The molecule has 210 valence electrons.